The Kier molecular flexibility index (Phi) is 6.63. The van der Waals surface area contributed by atoms with Gasteiger partial charge in [-0.1, -0.05) is 30.3 Å². The number of halogens is 1. The number of anilines is 2. The number of benzene rings is 2. The van der Waals surface area contributed by atoms with Crippen molar-refractivity contribution in [3.05, 3.63) is 71.9 Å². The van der Waals surface area contributed by atoms with Gasteiger partial charge in [0, 0.05) is 37.1 Å². The molecule has 2 heterocycles. The molecule has 9 nitrogen and oxygen atoms in total. The van der Waals surface area contributed by atoms with Crippen LogP contribution in [0.4, 0.5) is 20.7 Å². The molecule has 0 atom stereocenters. The molecule has 10 heteroatoms. The minimum atomic E-state index is -0.527. The Morgan fingerprint density at radius 1 is 1.14 bits per heavy atom. The number of aromatic nitrogens is 3. The molecule has 2 aromatic carbocycles. The Bertz CT molecular complexity index is 1400. The van der Waals surface area contributed by atoms with Crippen LogP contribution < -0.4 is 20.3 Å². The molecule has 0 aliphatic carbocycles. The van der Waals surface area contributed by atoms with Crippen molar-refractivity contribution in [2.45, 2.75) is 13.8 Å². The van der Waals surface area contributed by atoms with Crippen LogP contribution in [0.15, 0.2) is 54.7 Å². The first-order chi connectivity index (χ1) is 16.8. The Labute approximate surface area is 201 Å². The molecule has 0 radical (unpaired) electrons. The van der Waals surface area contributed by atoms with E-state index in [1.807, 2.05) is 37.3 Å². The van der Waals surface area contributed by atoms with Crippen LogP contribution in [-0.2, 0) is 0 Å². The number of methoxy groups -OCH3 is 1. The van der Waals surface area contributed by atoms with Gasteiger partial charge < -0.3 is 15.0 Å². The first kappa shape index (κ1) is 23.7. The number of fused-ring (bicyclic) bond motifs is 1. The lowest BCUT2D eigenvalue weighted by Crippen LogP contribution is -2.29. The molecule has 2 N–H and O–H groups in total. The lowest BCUT2D eigenvalue weighted by atomic mass is 10.1. The maximum absolute atomic E-state index is 13.8. The number of carbonyl (C=O) groups is 2. The zero-order valence-electron chi connectivity index (χ0n) is 19.8. The summed E-state index contributed by atoms with van der Waals surface area (Å²) in [6.45, 7) is 4.00. The van der Waals surface area contributed by atoms with Gasteiger partial charge in [-0.3, -0.25) is 14.5 Å². The topological polar surface area (TPSA) is 101 Å². The van der Waals surface area contributed by atoms with Crippen molar-refractivity contribution in [1.82, 2.24) is 19.7 Å². The molecule has 0 bridgehead atoms. The fourth-order valence-corrected chi connectivity index (χ4v) is 3.67. The molecule has 0 aliphatic heterocycles. The largest absolute Gasteiger partial charge is 0.494 e. The maximum Gasteiger partial charge on any atom is 0.320 e. The van der Waals surface area contributed by atoms with Gasteiger partial charge in [-0.25, -0.2) is 19.2 Å². The third kappa shape index (κ3) is 4.63. The number of rotatable bonds is 6. The lowest BCUT2D eigenvalue weighted by molar-refractivity contribution is 0.0987. The summed E-state index contributed by atoms with van der Waals surface area (Å²) < 4.78 is 20.5. The molecular weight excluding hydrogens is 451 g/mol. The second kappa shape index (κ2) is 9.80. The number of hydrogen-bond acceptors (Lipinski definition) is 5. The number of aryl methyl sites for hydroxylation is 1. The van der Waals surface area contributed by atoms with E-state index >= 15 is 0 Å². The average molecular weight is 477 g/mol. The van der Waals surface area contributed by atoms with Crippen molar-refractivity contribution < 1.29 is 18.7 Å². The molecule has 4 aromatic rings. The number of carbonyl (C=O) groups excluding carboxylic acids is 2. The second-order valence-corrected chi connectivity index (χ2v) is 7.75. The van der Waals surface area contributed by atoms with E-state index in [2.05, 4.69) is 15.6 Å². The van der Waals surface area contributed by atoms with Crippen LogP contribution in [0.1, 0.15) is 23.1 Å². The lowest BCUT2D eigenvalue weighted by Gasteiger charge is -2.18. The number of nitrogens with zero attached hydrogens (tertiary/aromatic N) is 4. The van der Waals surface area contributed by atoms with Gasteiger partial charge in [-0.2, -0.15) is 0 Å². The fraction of sp³-hybridized carbons (Fsp3) is 0.200. The van der Waals surface area contributed by atoms with Gasteiger partial charge >= 0.3 is 6.03 Å². The van der Waals surface area contributed by atoms with E-state index in [0.29, 0.717) is 35.1 Å². The van der Waals surface area contributed by atoms with Crippen LogP contribution in [0.25, 0.3) is 16.9 Å². The molecule has 0 saturated heterocycles. The van der Waals surface area contributed by atoms with Crippen LogP contribution >= 0.6 is 0 Å². The SMILES string of the molecule is CCNC(=O)Nc1c(-c2ccccc2)nc2c(C)nc(C(=O)N(C)c3ccc(F)c(OC)c3)cn12. The molecule has 0 unspecified atom stereocenters. The van der Waals surface area contributed by atoms with Crippen molar-refractivity contribution in [3.8, 4) is 17.0 Å². The zero-order valence-corrected chi connectivity index (χ0v) is 19.8. The van der Waals surface area contributed by atoms with Crippen LogP contribution in [0.2, 0.25) is 0 Å². The van der Waals surface area contributed by atoms with E-state index < -0.39 is 17.8 Å². The van der Waals surface area contributed by atoms with Crippen molar-refractivity contribution >= 4 is 29.1 Å². The van der Waals surface area contributed by atoms with Crippen molar-refractivity contribution in [2.24, 2.45) is 0 Å². The van der Waals surface area contributed by atoms with Crippen molar-refractivity contribution in [1.29, 1.82) is 0 Å². The molecule has 0 aliphatic rings. The highest BCUT2D eigenvalue weighted by molar-refractivity contribution is 6.04. The Balaban J connectivity index is 1.81. The molecule has 0 fully saturated rings. The van der Waals surface area contributed by atoms with E-state index in [-0.39, 0.29) is 11.4 Å². The van der Waals surface area contributed by atoms with E-state index in [1.54, 1.807) is 18.4 Å². The monoisotopic (exact) mass is 476 g/mol. The van der Waals surface area contributed by atoms with Gasteiger partial charge in [0.05, 0.1) is 12.8 Å². The number of ether oxygens (including phenoxy) is 1. The summed E-state index contributed by atoms with van der Waals surface area (Å²) in [6, 6.07) is 13.2. The Morgan fingerprint density at radius 3 is 2.57 bits per heavy atom. The Hall–Kier alpha value is -4.47. The molecule has 35 heavy (non-hydrogen) atoms. The third-order valence-electron chi connectivity index (χ3n) is 5.44. The van der Waals surface area contributed by atoms with E-state index in [9.17, 15) is 14.0 Å². The standard InChI is InChI=1S/C25H25FN6O3/c1-5-27-25(34)30-23-21(16-9-7-6-8-10-16)29-22-15(2)28-19(14-32(22)23)24(33)31(3)17-11-12-18(26)20(13-17)35-4/h6-14H,5H2,1-4H3,(H2,27,30,34). The zero-order chi connectivity index (χ0) is 25.1. The summed E-state index contributed by atoms with van der Waals surface area (Å²) in [7, 11) is 2.92. The summed E-state index contributed by atoms with van der Waals surface area (Å²) in [4.78, 5) is 36.3. The highest BCUT2D eigenvalue weighted by atomic mass is 19.1. The van der Waals surface area contributed by atoms with Crippen LogP contribution in [-0.4, -0.2) is 47.0 Å². The van der Waals surface area contributed by atoms with Crippen molar-refractivity contribution in [3.63, 3.8) is 0 Å². The molecule has 0 spiro atoms. The van der Waals surface area contributed by atoms with E-state index in [0.717, 1.165) is 5.56 Å². The van der Waals surface area contributed by atoms with Gasteiger partial charge in [0.2, 0.25) is 0 Å². The predicted octanol–water partition coefficient (Wildman–Crippen LogP) is 4.27. The highest BCUT2D eigenvalue weighted by Gasteiger charge is 2.23. The smallest absolute Gasteiger partial charge is 0.320 e. The summed E-state index contributed by atoms with van der Waals surface area (Å²) >= 11 is 0. The summed E-state index contributed by atoms with van der Waals surface area (Å²) in [5, 5.41) is 5.56. The van der Waals surface area contributed by atoms with Crippen LogP contribution in [0.3, 0.4) is 0 Å². The Morgan fingerprint density at radius 2 is 1.89 bits per heavy atom. The van der Waals surface area contributed by atoms with E-state index in [1.165, 1.54) is 36.4 Å². The second-order valence-electron chi connectivity index (χ2n) is 7.75. The predicted molar refractivity (Wildman–Crippen MR) is 132 cm³/mol. The normalized spacial score (nSPS) is 10.8. The molecular formula is C25H25FN6O3. The quantitative estimate of drug-likeness (QED) is 0.433. The fourth-order valence-electron chi connectivity index (χ4n) is 3.67. The van der Waals surface area contributed by atoms with Crippen molar-refractivity contribution in [2.75, 3.05) is 30.9 Å². The molecule has 0 saturated carbocycles. The molecule has 180 valence electrons. The molecule has 2 aromatic heterocycles. The van der Waals surface area contributed by atoms with Gasteiger partial charge in [0.15, 0.2) is 17.2 Å². The first-order valence-electron chi connectivity index (χ1n) is 11.0. The van der Waals surface area contributed by atoms with E-state index in [4.69, 9.17) is 9.72 Å². The third-order valence-corrected chi connectivity index (χ3v) is 5.44. The minimum absolute atomic E-state index is 0.0253. The highest BCUT2D eigenvalue weighted by Crippen LogP contribution is 2.30. The van der Waals surface area contributed by atoms with Gasteiger partial charge in [-0.15, -0.1) is 0 Å². The van der Waals surface area contributed by atoms with Crippen LogP contribution in [0, 0.1) is 12.7 Å². The summed E-state index contributed by atoms with van der Waals surface area (Å²) in [6.07, 6.45) is 1.53. The molecule has 4 rings (SSSR count). The molecule has 3 amide bonds. The number of amides is 3. The summed E-state index contributed by atoms with van der Waals surface area (Å²) in [5.74, 6) is -0.525. The average Bonchev–Trinajstić information content (AvgIpc) is 3.22. The maximum atomic E-state index is 13.8. The number of nitrogens with one attached hydrogen (secondary N) is 2. The van der Waals surface area contributed by atoms with Gasteiger partial charge in [0.25, 0.3) is 5.91 Å². The number of hydrogen-bond donors (Lipinski definition) is 2. The van der Waals surface area contributed by atoms with Gasteiger partial charge in [0.1, 0.15) is 17.2 Å². The summed E-state index contributed by atoms with van der Waals surface area (Å²) in [5.41, 5.74) is 2.90. The number of urea groups is 1. The van der Waals surface area contributed by atoms with Crippen LogP contribution in [0.5, 0.6) is 5.75 Å². The first-order valence-corrected chi connectivity index (χ1v) is 11.0. The number of imidazole rings is 1. The van der Waals surface area contributed by atoms with Gasteiger partial charge in [-0.05, 0) is 26.0 Å². The minimum Gasteiger partial charge on any atom is -0.494 e.